The number of thioether (sulfide) groups is 1. The van der Waals surface area contributed by atoms with Crippen molar-refractivity contribution in [1.82, 2.24) is 5.32 Å². The standard InChI is InChI=1S/C13H20BrNS/c1-9(2)15-8-11-5-6-12(7-13(11)14)16-10(3)4/h5-7,9-10,15H,8H2,1-4H3. The Kier molecular flexibility index (Phi) is 5.87. The highest BCUT2D eigenvalue weighted by Gasteiger charge is 2.04. The lowest BCUT2D eigenvalue weighted by Crippen LogP contribution is -2.21. The molecule has 0 spiro atoms. The van der Waals surface area contributed by atoms with Crippen LogP contribution in [0.2, 0.25) is 0 Å². The average molecular weight is 302 g/mol. The Bertz CT molecular complexity index is 337. The molecule has 1 N–H and O–H groups in total. The van der Waals surface area contributed by atoms with Crippen molar-refractivity contribution in [3.05, 3.63) is 28.2 Å². The maximum absolute atomic E-state index is 3.63. The van der Waals surface area contributed by atoms with Crippen molar-refractivity contribution in [3.8, 4) is 0 Å². The third-order valence-electron chi connectivity index (χ3n) is 2.10. The summed E-state index contributed by atoms with van der Waals surface area (Å²) in [6.07, 6.45) is 0. The van der Waals surface area contributed by atoms with Crippen LogP contribution in [0, 0.1) is 0 Å². The van der Waals surface area contributed by atoms with E-state index in [1.165, 1.54) is 14.9 Å². The monoisotopic (exact) mass is 301 g/mol. The summed E-state index contributed by atoms with van der Waals surface area (Å²) < 4.78 is 1.20. The van der Waals surface area contributed by atoms with Gasteiger partial charge >= 0.3 is 0 Å². The van der Waals surface area contributed by atoms with E-state index in [2.05, 4.69) is 67.1 Å². The Balaban J connectivity index is 2.67. The van der Waals surface area contributed by atoms with E-state index >= 15 is 0 Å². The molecule has 16 heavy (non-hydrogen) atoms. The second-order valence-electron chi connectivity index (χ2n) is 4.46. The van der Waals surface area contributed by atoms with Crippen molar-refractivity contribution >= 4 is 27.7 Å². The van der Waals surface area contributed by atoms with Gasteiger partial charge in [-0.15, -0.1) is 11.8 Å². The minimum atomic E-state index is 0.525. The van der Waals surface area contributed by atoms with Gasteiger partial charge in [-0.3, -0.25) is 0 Å². The maximum atomic E-state index is 3.63. The lowest BCUT2D eigenvalue weighted by atomic mass is 10.2. The number of hydrogen-bond donors (Lipinski definition) is 1. The molecule has 0 bridgehead atoms. The number of benzene rings is 1. The molecule has 0 amide bonds. The minimum Gasteiger partial charge on any atom is -0.310 e. The molecular formula is C13H20BrNS. The second kappa shape index (κ2) is 6.67. The van der Waals surface area contributed by atoms with Crippen molar-refractivity contribution in [3.63, 3.8) is 0 Å². The van der Waals surface area contributed by atoms with Crippen LogP contribution in [-0.4, -0.2) is 11.3 Å². The molecule has 90 valence electrons. The number of nitrogens with one attached hydrogen (secondary N) is 1. The molecule has 0 aliphatic carbocycles. The molecule has 1 aromatic rings. The van der Waals surface area contributed by atoms with E-state index in [0.29, 0.717) is 11.3 Å². The first-order chi connectivity index (χ1) is 7.49. The maximum Gasteiger partial charge on any atom is 0.0231 e. The smallest absolute Gasteiger partial charge is 0.0231 e. The molecule has 3 heteroatoms. The Morgan fingerprint density at radius 2 is 1.94 bits per heavy atom. The molecule has 0 aromatic heterocycles. The molecular weight excluding hydrogens is 282 g/mol. The molecule has 0 saturated carbocycles. The van der Waals surface area contributed by atoms with Gasteiger partial charge in [0.05, 0.1) is 0 Å². The zero-order valence-corrected chi connectivity index (χ0v) is 12.8. The van der Waals surface area contributed by atoms with Gasteiger partial charge in [-0.2, -0.15) is 0 Å². The highest BCUT2D eigenvalue weighted by molar-refractivity contribution is 9.10. The van der Waals surface area contributed by atoms with Crippen molar-refractivity contribution < 1.29 is 0 Å². The number of rotatable bonds is 5. The first-order valence-electron chi connectivity index (χ1n) is 5.67. The van der Waals surface area contributed by atoms with E-state index in [4.69, 9.17) is 0 Å². The van der Waals surface area contributed by atoms with Crippen LogP contribution in [-0.2, 0) is 6.54 Å². The van der Waals surface area contributed by atoms with Crippen LogP contribution in [0.5, 0.6) is 0 Å². The fourth-order valence-corrected chi connectivity index (χ4v) is 2.88. The molecule has 0 fully saturated rings. The third-order valence-corrected chi connectivity index (χ3v) is 3.83. The van der Waals surface area contributed by atoms with Crippen LogP contribution < -0.4 is 5.32 Å². The van der Waals surface area contributed by atoms with E-state index in [1.54, 1.807) is 0 Å². The fourth-order valence-electron chi connectivity index (χ4n) is 1.33. The van der Waals surface area contributed by atoms with Crippen LogP contribution in [0.25, 0.3) is 0 Å². The van der Waals surface area contributed by atoms with Gasteiger partial charge in [-0.05, 0) is 17.7 Å². The largest absolute Gasteiger partial charge is 0.310 e. The molecule has 1 nitrogen and oxygen atoms in total. The summed E-state index contributed by atoms with van der Waals surface area (Å²) in [4.78, 5) is 1.33. The van der Waals surface area contributed by atoms with Crippen molar-refractivity contribution in [1.29, 1.82) is 0 Å². The Morgan fingerprint density at radius 3 is 2.44 bits per heavy atom. The lowest BCUT2D eigenvalue weighted by molar-refractivity contribution is 0.587. The molecule has 1 rings (SSSR count). The average Bonchev–Trinajstić information content (AvgIpc) is 2.15. The van der Waals surface area contributed by atoms with Gasteiger partial charge in [0.1, 0.15) is 0 Å². The van der Waals surface area contributed by atoms with Crippen LogP contribution in [0.4, 0.5) is 0 Å². The molecule has 0 aliphatic rings. The summed E-state index contributed by atoms with van der Waals surface area (Å²) in [6.45, 7) is 9.68. The quantitative estimate of drug-likeness (QED) is 0.807. The molecule has 0 atom stereocenters. The van der Waals surface area contributed by atoms with Crippen molar-refractivity contribution in [2.75, 3.05) is 0 Å². The number of halogens is 1. The molecule has 0 saturated heterocycles. The minimum absolute atomic E-state index is 0.525. The predicted molar refractivity (Wildman–Crippen MR) is 77.1 cm³/mol. The summed E-state index contributed by atoms with van der Waals surface area (Å²) in [5.41, 5.74) is 1.32. The Hall–Kier alpha value is 0.01000. The van der Waals surface area contributed by atoms with E-state index < -0.39 is 0 Å². The fraction of sp³-hybridized carbons (Fsp3) is 0.538. The van der Waals surface area contributed by atoms with Crippen LogP contribution in [0.1, 0.15) is 33.3 Å². The van der Waals surface area contributed by atoms with Crippen LogP contribution in [0.3, 0.4) is 0 Å². The SMILES string of the molecule is CC(C)NCc1ccc(SC(C)C)cc1Br. The molecule has 0 aliphatic heterocycles. The van der Waals surface area contributed by atoms with E-state index in [-0.39, 0.29) is 0 Å². The van der Waals surface area contributed by atoms with Gasteiger partial charge < -0.3 is 5.32 Å². The van der Waals surface area contributed by atoms with E-state index in [9.17, 15) is 0 Å². The Labute approximate surface area is 112 Å². The highest BCUT2D eigenvalue weighted by Crippen LogP contribution is 2.27. The van der Waals surface area contributed by atoms with Crippen molar-refractivity contribution in [2.45, 2.75) is 50.4 Å². The van der Waals surface area contributed by atoms with E-state index in [0.717, 1.165) is 6.54 Å². The van der Waals surface area contributed by atoms with Crippen LogP contribution >= 0.6 is 27.7 Å². The summed E-state index contributed by atoms with van der Waals surface area (Å²) in [7, 11) is 0. The first kappa shape index (κ1) is 14.1. The lowest BCUT2D eigenvalue weighted by Gasteiger charge is -2.11. The van der Waals surface area contributed by atoms with Crippen LogP contribution in [0.15, 0.2) is 27.6 Å². The van der Waals surface area contributed by atoms with Crippen molar-refractivity contribution in [2.24, 2.45) is 0 Å². The second-order valence-corrected chi connectivity index (χ2v) is 6.96. The third kappa shape index (κ3) is 4.89. The van der Waals surface area contributed by atoms with Gasteiger partial charge in [0, 0.05) is 27.2 Å². The molecule has 0 unspecified atom stereocenters. The highest BCUT2D eigenvalue weighted by atomic mass is 79.9. The zero-order chi connectivity index (χ0) is 12.1. The van der Waals surface area contributed by atoms with Gasteiger partial charge in [-0.1, -0.05) is 49.7 Å². The predicted octanol–water partition coefficient (Wildman–Crippen LogP) is 4.45. The van der Waals surface area contributed by atoms with Gasteiger partial charge in [0.15, 0.2) is 0 Å². The normalized spacial score (nSPS) is 11.4. The number of hydrogen-bond acceptors (Lipinski definition) is 2. The summed E-state index contributed by atoms with van der Waals surface area (Å²) in [6, 6.07) is 7.13. The molecule has 0 radical (unpaired) electrons. The van der Waals surface area contributed by atoms with Gasteiger partial charge in [0.25, 0.3) is 0 Å². The zero-order valence-electron chi connectivity index (χ0n) is 10.4. The topological polar surface area (TPSA) is 12.0 Å². The summed E-state index contributed by atoms with van der Waals surface area (Å²) in [5.74, 6) is 0. The van der Waals surface area contributed by atoms with Gasteiger partial charge in [0.2, 0.25) is 0 Å². The molecule has 1 aromatic carbocycles. The Morgan fingerprint density at radius 1 is 1.25 bits per heavy atom. The van der Waals surface area contributed by atoms with Gasteiger partial charge in [-0.25, -0.2) is 0 Å². The molecule has 0 heterocycles. The summed E-state index contributed by atoms with van der Waals surface area (Å²) in [5, 5.41) is 4.06. The van der Waals surface area contributed by atoms with E-state index in [1.807, 2.05) is 11.8 Å². The first-order valence-corrected chi connectivity index (χ1v) is 7.34. The summed E-state index contributed by atoms with van der Waals surface area (Å²) >= 11 is 5.53.